The molecule has 1 aromatic heterocycles. The molecule has 0 aliphatic rings. The zero-order valence-electron chi connectivity index (χ0n) is 10.8. The van der Waals surface area contributed by atoms with Crippen molar-refractivity contribution in [2.45, 2.75) is 25.2 Å². The van der Waals surface area contributed by atoms with Gasteiger partial charge in [-0.25, -0.2) is 8.42 Å². The Hall–Kier alpha value is -2.02. The third-order valence-corrected chi connectivity index (χ3v) is 4.33. The summed E-state index contributed by atoms with van der Waals surface area (Å²) < 4.78 is 27.0. The predicted molar refractivity (Wildman–Crippen MR) is 74.4 cm³/mol. The lowest BCUT2D eigenvalue weighted by molar-refractivity contribution is 0.601. The fourth-order valence-corrected chi connectivity index (χ4v) is 3.18. The lowest BCUT2D eigenvalue weighted by Gasteiger charge is -2.10. The molecular formula is C12H16N4O2S. The molecular weight excluding hydrogens is 264 g/mol. The molecule has 0 saturated heterocycles. The van der Waals surface area contributed by atoms with Crippen molar-refractivity contribution in [2.24, 2.45) is 0 Å². The molecule has 1 aromatic carbocycles. The van der Waals surface area contributed by atoms with Crippen molar-refractivity contribution in [3.8, 4) is 0 Å². The summed E-state index contributed by atoms with van der Waals surface area (Å²) in [6.45, 7) is 3.65. The Bertz CT molecular complexity index is 671. The minimum absolute atomic E-state index is 0.0936. The highest BCUT2D eigenvalue weighted by atomic mass is 32.2. The molecule has 0 unspecified atom stereocenters. The maximum atomic E-state index is 12.3. The second-order valence-corrected chi connectivity index (χ2v) is 5.85. The van der Waals surface area contributed by atoms with Gasteiger partial charge in [-0.3, -0.25) is 9.82 Å². The van der Waals surface area contributed by atoms with Gasteiger partial charge in [0.1, 0.15) is 4.90 Å². The number of nitrogens with one attached hydrogen (secondary N) is 2. The van der Waals surface area contributed by atoms with Crippen LogP contribution in [0, 0.1) is 6.92 Å². The molecule has 102 valence electrons. The summed E-state index contributed by atoms with van der Waals surface area (Å²) in [5.74, 6) is 0.263. The molecule has 19 heavy (non-hydrogen) atoms. The molecule has 0 atom stereocenters. The molecule has 7 heteroatoms. The summed E-state index contributed by atoms with van der Waals surface area (Å²) in [6, 6.07) is 6.63. The van der Waals surface area contributed by atoms with Crippen LogP contribution in [0.15, 0.2) is 29.2 Å². The van der Waals surface area contributed by atoms with Crippen LogP contribution < -0.4 is 10.5 Å². The van der Waals surface area contributed by atoms with Crippen molar-refractivity contribution in [3.05, 3.63) is 35.5 Å². The van der Waals surface area contributed by atoms with Crippen molar-refractivity contribution in [1.29, 1.82) is 0 Å². The number of rotatable bonds is 4. The number of H-pyrrole nitrogens is 1. The average molecular weight is 280 g/mol. The number of nitrogens with two attached hydrogens (primary N) is 1. The number of anilines is 2. The molecule has 0 aliphatic heterocycles. The van der Waals surface area contributed by atoms with Crippen LogP contribution in [0.4, 0.5) is 11.5 Å². The van der Waals surface area contributed by atoms with E-state index < -0.39 is 10.0 Å². The van der Waals surface area contributed by atoms with Crippen LogP contribution in [0.2, 0.25) is 0 Å². The zero-order valence-corrected chi connectivity index (χ0v) is 11.6. The van der Waals surface area contributed by atoms with E-state index in [0.717, 1.165) is 12.1 Å². The van der Waals surface area contributed by atoms with Crippen LogP contribution in [0.5, 0.6) is 0 Å². The standard InChI is InChI=1S/C12H16N4O2S/c1-3-9-7-11(15-14-9)16-19(17,18)12-8(2)5-4-6-10(12)13/h4-7H,3,13H2,1-2H3,(H2,14,15,16). The van der Waals surface area contributed by atoms with Gasteiger partial charge in [-0.05, 0) is 25.0 Å². The number of aromatic amines is 1. The molecule has 0 amide bonds. The van der Waals surface area contributed by atoms with Crippen LogP contribution in [-0.4, -0.2) is 18.6 Å². The highest BCUT2D eigenvalue weighted by Crippen LogP contribution is 2.24. The van der Waals surface area contributed by atoms with Gasteiger partial charge < -0.3 is 5.73 Å². The number of hydrogen-bond donors (Lipinski definition) is 3. The average Bonchev–Trinajstić information content (AvgIpc) is 2.75. The lowest BCUT2D eigenvalue weighted by atomic mass is 10.2. The topological polar surface area (TPSA) is 101 Å². The molecule has 0 fully saturated rings. The molecule has 0 bridgehead atoms. The molecule has 0 spiro atoms. The first-order chi connectivity index (χ1) is 8.94. The van der Waals surface area contributed by atoms with Gasteiger partial charge in [0, 0.05) is 11.8 Å². The SMILES string of the molecule is CCc1cc(NS(=O)(=O)c2c(C)cccc2N)n[nH]1. The Morgan fingerprint density at radius 1 is 1.42 bits per heavy atom. The molecule has 0 aliphatic carbocycles. The third-order valence-electron chi connectivity index (χ3n) is 2.76. The van der Waals surface area contributed by atoms with Gasteiger partial charge in [0.2, 0.25) is 0 Å². The van der Waals surface area contributed by atoms with Crippen molar-refractivity contribution in [2.75, 3.05) is 10.5 Å². The van der Waals surface area contributed by atoms with Crippen LogP contribution in [0.3, 0.4) is 0 Å². The van der Waals surface area contributed by atoms with Gasteiger partial charge in [-0.15, -0.1) is 0 Å². The Morgan fingerprint density at radius 2 is 2.16 bits per heavy atom. The fraction of sp³-hybridized carbons (Fsp3) is 0.250. The van der Waals surface area contributed by atoms with Gasteiger partial charge in [-0.2, -0.15) is 5.10 Å². The molecule has 0 saturated carbocycles. The van der Waals surface area contributed by atoms with E-state index in [1.807, 2.05) is 6.92 Å². The third kappa shape index (κ3) is 2.70. The summed E-state index contributed by atoms with van der Waals surface area (Å²) in [5.41, 5.74) is 7.42. The number of sulfonamides is 1. The number of benzene rings is 1. The maximum Gasteiger partial charge on any atom is 0.265 e. The van der Waals surface area contributed by atoms with E-state index in [9.17, 15) is 8.42 Å². The summed E-state index contributed by atoms with van der Waals surface area (Å²) >= 11 is 0. The first kappa shape index (κ1) is 13.4. The minimum atomic E-state index is -3.73. The second kappa shape index (κ2) is 4.93. The Balaban J connectivity index is 2.38. The number of aromatic nitrogens is 2. The van der Waals surface area contributed by atoms with E-state index in [4.69, 9.17) is 5.73 Å². The number of nitrogens with zero attached hydrogens (tertiary/aromatic N) is 1. The van der Waals surface area contributed by atoms with E-state index in [-0.39, 0.29) is 16.4 Å². The predicted octanol–water partition coefficient (Wildman–Crippen LogP) is 1.66. The van der Waals surface area contributed by atoms with E-state index >= 15 is 0 Å². The van der Waals surface area contributed by atoms with Crippen LogP contribution in [-0.2, 0) is 16.4 Å². The highest BCUT2D eigenvalue weighted by molar-refractivity contribution is 7.93. The van der Waals surface area contributed by atoms with Crippen molar-refractivity contribution >= 4 is 21.5 Å². The van der Waals surface area contributed by atoms with Crippen molar-refractivity contribution in [1.82, 2.24) is 10.2 Å². The van der Waals surface area contributed by atoms with Crippen LogP contribution in [0.25, 0.3) is 0 Å². The second-order valence-electron chi connectivity index (χ2n) is 4.23. The molecule has 6 nitrogen and oxygen atoms in total. The number of aryl methyl sites for hydroxylation is 2. The van der Waals surface area contributed by atoms with E-state index in [0.29, 0.717) is 5.56 Å². The van der Waals surface area contributed by atoms with Crippen molar-refractivity contribution < 1.29 is 8.42 Å². The lowest BCUT2D eigenvalue weighted by Crippen LogP contribution is -2.16. The summed E-state index contributed by atoms with van der Waals surface area (Å²) in [5, 5.41) is 6.65. The molecule has 1 heterocycles. The summed E-state index contributed by atoms with van der Waals surface area (Å²) in [7, 11) is -3.73. The normalized spacial score (nSPS) is 11.5. The quantitative estimate of drug-likeness (QED) is 0.741. The monoisotopic (exact) mass is 280 g/mol. The molecule has 2 rings (SSSR count). The molecule has 4 N–H and O–H groups in total. The smallest absolute Gasteiger partial charge is 0.265 e. The molecule has 0 radical (unpaired) electrons. The fourth-order valence-electron chi connectivity index (χ4n) is 1.83. The van der Waals surface area contributed by atoms with Gasteiger partial charge in [-0.1, -0.05) is 19.1 Å². The Labute approximate surface area is 112 Å². The van der Waals surface area contributed by atoms with Crippen LogP contribution in [0.1, 0.15) is 18.2 Å². The van der Waals surface area contributed by atoms with Gasteiger partial charge in [0.25, 0.3) is 10.0 Å². The highest BCUT2D eigenvalue weighted by Gasteiger charge is 2.20. The van der Waals surface area contributed by atoms with Crippen LogP contribution >= 0.6 is 0 Å². The maximum absolute atomic E-state index is 12.3. The summed E-state index contributed by atoms with van der Waals surface area (Å²) in [4.78, 5) is 0.0936. The first-order valence-corrected chi connectivity index (χ1v) is 7.34. The number of nitrogen functional groups attached to an aromatic ring is 1. The van der Waals surface area contributed by atoms with Gasteiger partial charge >= 0.3 is 0 Å². The zero-order chi connectivity index (χ0) is 14.0. The van der Waals surface area contributed by atoms with E-state index in [1.54, 1.807) is 31.2 Å². The van der Waals surface area contributed by atoms with Crippen molar-refractivity contribution in [3.63, 3.8) is 0 Å². The largest absolute Gasteiger partial charge is 0.398 e. The van der Waals surface area contributed by atoms with E-state index in [1.165, 1.54) is 0 Å². The first-order valence-electron chi connectivity index (χ1n) is 5.86. The summed E-state index contributed by atoms with van der Waals surface area (Å²) in [6.07, 6.45) is 0.751. The van der Waals surface area contributed by atoms with Gasteiger partial charge in [0.05, 0.1) is 5.69 Å². The molecule has 2 aromatic rings. The van der Waals surface area contributed by atoms with Gasteiger partial charge in [0.15, 0.2) is 5.82 Å². The Kier molecular flexibility index (Phi) is 3.48. The van der Waals surface area contributed by atoms with E-state index in [2.05, 4.69) is 14.9 Å². The Morgan fingerprint density at radius 3 is 2.74 bits per heavy atom. The number of hydrogen-bond acceptors (Lipinski definition) is 4. The minimum Gasteiger partial charge on any atom is -0.398 e.